The lowest BCUT2D eigenvalue weighted by Crippen LogP contribution is -3.17. The van der Waals surface area contributed by atoms with E-state index in [9.17, 15) is 14.4 Å². The van der Waals surface area contributed by atoms with Crippen molar-refractivity contribution >= 4 is 34.2 Å². The highest BCUT2D eigenvalue weighted by atomic mass is 32.1. The van der Waals surface area contributed by atoms with Crippen molar-refractivity contribution in [2.24, 2.45) is 11.8 Å². The van der Waals surface area contributed by atoms with Crippen molar-refractivity contribution in [2.75, 3.05) is 31.6 Å². The van der Waals surface area contributed by atoms with Crippen LogP contribution in [0.5, 0.6) is 0 Å². The molecular weight excluding hydrogens is 416 g/mol. The Kier molecular flexibility index (Phi) is 8.11. The number of ether oxygens (including phenoxy) is 2. The molecule has 1 aliphatic carbocycles. The maximum absolute atomic E-state index is 13.1. The predicted octanol–water partition coefficient (Wildman–Crippen LogP) is 2.23. The fourth-order valence-electron chi connectivity index (χ4n) is 4.58. The molecule has 1 aromatic heterocycles. The number of nitrogens with one attached hydrogen (secondary N) is 2. The lowest BCUT2D eigenvalue weighted by molar-refractivity contribution is -0.919. The molecule has 172 valence electrons. The average Bonchev–Trinajstić information content (AvgIpc) is 3.10. The molecule has 31 heavy (non-hydrogen) atoms. The van der Waals surface area contributed by atoms with E-state index in [0.29, 0.717) is 29.7 Å². The molecule has 1 saturated heterocycles. The van der Waals surface area contributed by atoms with E-state index in [1.54, 1.807) is 6.92 Å². The van der Waals surface area contributed by atoms with Gasteiger partial charge in [-0.25, -0.2) is 4.79 Å². The van der Waals surface area contributed by atoms with Crippen molar-refractivity contribution in [3.8, 4) is 0 Å². The number of amides is 1. The lowest BCUT2D eigenvalue weighted by atomic mass is 9.88. The zero-order valence-electron chi connectivity index (χ0n) is 19.0. The van der Waals surface area contributed by atoms with Crippen molar-refractivity contribution < 1.29 is 28.8 Å². The number of thiophene rings is 1. The predicted molar refractivity (Wildman–Crippen MR) is 120 cm³/mol. The molecule has 1 aromatic rings. The molecule has 3 rings (SSSR count). The van der Waals surface area contributed by atoms with Gasteiger partial charge in [-0.15, -0.1) is 11.3 Å². The normalized spacial score (nSPS) is 24.1. The first kappa shape index (κ1) is 23.7. The number of likely N-dealkylation sites (tertiary alicyclic amines) is 1. The average molecular weight is 452 g/mol. The molecule has 0 spiro atoms. The van der Waals surface area contributed by atoms with E-state index in [4.69, 9.17) is 9.47 Å². The molecule has 1 aliphatic heterocycles. The Balaban J connectivity index is 1.68. The van der Waals surface area contributed by atoms with Crippen LogP contribution < -0.4 is 10.2 Å². The summed E-state index contributed by atoms with van der Waals surface area (Å²) in [5.74, 6) is -0.0628. The van der Waals surface area contributed by atoms with Crippen LogP contribution in [0.4, 0.5) is 5.00 Å². The fourth-order valence-corrected chi connectivity index (χ4v) is 5.98. The molecule has 2 N–H and O–H groups in total. The van der Waals surface area contributed by atoms with Crippen LogP contribution >= 0.6 is 11.3 Å². The summed E-state index contributed by atoms with van der Waals surface area (Å²) in [6.07, 6.45) is 4.28. The van der Waals surface area contributed by atoms with Crippen LogP contribution in [0.1, 0.15) is 67.8 Å². The molecule has 0 bridgehead atoms. The van der Waals surface area contributed by atoms with E-state index in [-0.39, 0.29) is 29.8 Å². The molecule has 2 aliphatic rings. The second-order valence-corrected chi connectivity index (χ2v) is 9.78. The van der Waals surface area contributed by atoms with Crippen LogP contribution in [0.15, 0.2) is 0 Å². The van der Waals surface area contributed by atoms with Crippen molar-refractivity contribution in [3.63, 3.8) is 0 Å². The number of piperidine rings is 1. The Morgan fingerprint density at radius 3 is 2.45 bits per heavy atom. The van der Waals surface area contributed by atoms with Crippen molar-refractivity contribution in [1.82, 2.24) is 0 Å². The van der Waals surface area contributed by atoms with Crippen LogP contribution in [0.2, 0.25) is 0 Å². The third-order valence-electron chi connectivity index (χ3n) is 6.48. The highest BCUT2D eigenvalue weighted by Crippen LogP contribution is 2.40. The Bertz CT molecular complexity index is 813. The maximum atomic E-state index is 13.1. The van der Waals surface area contributed by atoms with E-state index < -0.39 is 0 Å². The van der Waals surface area contributed by atoms with Crippen LogP contribution in [-0.4, -0.2) is 50.2 Å². The first-order valence-electron chi connectivity index (χ1n) is 11.5. The largest absolute Gasteiger partial charge is 0.466 e. The minimum atomic E-state index is -0.347. The third kappa shape index (κ3) is 5.47. The van der Waals surface area contributed by atoms with Crippen LogP contribution in [0.25, 0.3) is 0 Å². The summed E-state index contributed by atoms with van der Waals surface area (Å²) >= 11 is 1.52. The highest BCUT2D eigenvalue weighted by molar-refractivity contribution is 7.17. The van der Waals surface area contributed by atoms with Gasteiger partial charge >= 0.3 is 11.9 Å². The number of carbonyl (C=O) groups excluding carboxylic acids is 3. The van der Waals surface area contributed by atoms with Crippen LogP contribution in [0, 0.1) is 11.8 Å². The molecule has 0 radical (unpaired) electrons. The molecule has 1 fully saturated rings. The summed E-state index contributed by atoms with van der Waals surface area (Å²) in [6.45, 7) is 9.95. The van der Waals surface area contributed by atoms with Gasteiger partial charge in [-0.1, -0.05) is 6.92 Å². The zero-order chi connectivity index (χ0) is 22.5. The number of esters is 2. The summed E-state index contributed by atoms with van der Waals surface area (Å²) in [7, 11) is 0. The van der Waals surface area contributed by atoms with Crippen LogP contribution in [0.3, 0.4) is 0 Å². The topological polar surface area (TPSA) is 86.1 Å². The third-order valence-corrected chi connectivity index (χ3v) is 7.65. The first-order chi connectivity index (χ1) is 14.8. The van der Waals surface area contributed by atoms with Crippen molar-refractivity contribution in [2.45, 2.75) is 65.8 Å². The summed E-state index contributed by atoms with van der Waals surface area (Å²) in [5, 5.41) is 3.66. The van der Waals surface area contributed by atoms with E-state index in [0.717, 1.165) is 55.7 Å². The summed E-state index contributed by atoms with van der Waals surface area (Å²) in [4.78, 5) is 40.1. The number of hydrogen-bond acceptors (Lipinski definition) is 6. The number of carbonyl (C=O) groups is 3. The number of fused-ring (bicyclic) bond motifs is 1. The quantitative estimate of drug-likeness (QED) is 0.621. The number of anilines is 1. The SMILES string of the molecule is CCOC(=O)c1c(NC(=O)[C@H](C)[NH+]2CCC(C(=O)OCC)CC2)sc2c1CC[C@H](C)C2. The Morgan fingerprint density at radius 2 is 1.81 bits per heavy atom. The van der Waals surface area contributed by atoms with Gasteiger partial charge in [0.15, 0.2) is 6.04 Å². The molecule has 0 saturated carbocycles. The molecule has 8 heteroatoms. The molecule has 0 aromatic carbocycles. The molecule has 7 nitrogen and oxygen atoms in total. The van der Waals surface area contributed by atoms with Gasteiger partial charge in [-0.3, -0.25) is 9.59 Å². The molecule has 2 atom stereocenters. The second-order valence-electron chi connectivity index (χ2n) is 8.67. The maximum Gasteiger partial charge on any atom is 0.341 e. The van der Waals surface area contributed by atoms with Gasteiger partial charge in [0.2, 0.25) is 0 Å². The lowest BCUT2D eigenvalue weighted by Gasteiger charge is -2.31. The number of rotatable bonds is 7. The van der Waals surface area contributed by atoms with Gasteiger partial charge in [-0.2, -0.15) is 0 Å². The van der Waals surface area contributed by atoms with Crippen molar-refractivity contribution in [3.05, 3.63) is 16.0 Å². The highest BCUT2D eigenvalue weighted by Gasteiger charge is 2.35. The zero-order valence-corrected chi connectivity index (χ0v) is 19.9. The van der Waals surface area contributed by atoms with Gasteiger partial charge in [0.1, 0.15) is 5.00 Å². The monoisotopic (exact) mass is 451 g/mol. The molecular formula is C23H35N2O5S+. The standard InChI is InChI=1S/C23H34N2O5S/c1-5-29-22(27)16-9-11-25(12-10-16)15(4)20(26)24-21-19(23(28)30-6-2)17-8-7-14(3)13-18(17)31-21/h14-16H,5-13H2,1-4H3,(H,24,26)/p+1/t14-,15-/m0/s1. The second kappa shape index (κ2) is 10.6. The van der Waals surface area contributed by atoms with Gasteiger partial charge in [0, 0.05) is 17.7 Å². The van der Waals surface area contributed by atoms with Gasteiger partial charge < -0.3 is 19.7 Å². The number of hydrogen-bond donors (Lipinski definition) is 2. The Labute approximate surface area is 188 Å². The molecule has 1 amide bonds. The Hall–Kier alpha value is -1.93. The van der Waals surface area contributed by atoms with E-state index >= 15 is 0 Å². The summed E-state index contributed by atoms with van der Waals surface area (Å²) in [5.41, 5.74) is 1.59. The van der Waals surface area contributed by atoms with E-state index in [1.807, 2.05) is 13.8 Å². The van der Waals surface area contributed by atoms with E-state index in [2.05, 4.69) is 12.2 Å². The first-order valence-corrected chi connectivity index (χ1v) is 12.3. The molecule has 2 heterocycles. The number of quaternary nitrogens is 1. The fraction of sp³-hybridized carbons (Fsp3) is 0.696. The minimum Gasteiger partial charge on any atom is -0.466 e. The summed E-state index contributed by atoms with van der Waals surface area (Å²) in [6, 6.07) is -0.267. The smallest absolute Gasteiger partial charge is 0.341 e. The van der Waals surface area contributed by atoms with Crippen molar-refractivity contribution in [1.29, 1.82) is 0 Å². The Morgan fingerprint density at radius 1 is 1.13 bits per heavy atom. The van der Waals surface area contributed by atoms with Gasteiger partial charge in [0.05, 0.1) is 37.8 Å². The minimum absolute atomic E-state index is 0.0691. The van der Waals surface area contributed by atoms with Crippen LogP contribution in [-0.2, 0) is 31.9 Å². The summed E-state index contributed by atoms with van der Waals surface area (Å²) < 4.78 is 10.4. The van der Waals surface area contributed by atoms with E-state index in [1.165, 1.54) is 16.2 Å². The van der Waals surface area contributed by atoms with Gasteiger partial charge in [-0.05, 0) is 51.5 Å². The van der Waals surface area contributed by atoms with Gasteiger partial charge in [0.25, 0.3) is 5.91 Å². The molecule has 0 unspecified atom stereocenters.